The van der Waals surface area contributed by atoms with Gasteiger partial charge in [0.15, 0.2) is 5.82 Å². The van der Waals surface area contributed by atoms with E-state index >= 15 is 0 Å². The molecule has 0 aliphatic carbocycles. The van der Waals surface area contributed by atoms with Gasteiger partial charge in [-0.15, -0.1) is 0 Å². The summed E-state index contributed by atoms with van der Waals surface area (Å²) in [5.74, 6) is 0.881. The Morgan fingerprint density at radius 1 is 1.32 bits per heavy atom. The molecule has 0 aromatic carbocycles. The highest BCUT2D eigenvalue weighted by Gasteiger charge is 2.19. The lowest BCUT2D eigenvalue weighted by molar-refractivity contribution is 0.0995. The van der Waals surface area contributed by atoms with Gasteiger partial charge in [-0.25, -0.2) is 14.6 Å². The normalized spacial score (nSPS) is 11.5. The van der Waals surface area contributed by atoms with E-state index in [1.165, 1.54) is 10.7 Å². The van der Waals surface area contributed by atoms with E-state index in [2.05, 4.69) is 15.1 Å². The molecule has 0 spiro atoms. The number of rotatable bonds is 2. The van der Waals surface area contributed by atoms with Crippen LogP contribution >= 0.6 is 0 Å². The van der Waals surface area contributed by atoms with Gasteiger partial charge in [-0.05, 0) is 6.07 Å². The number of aromatic nitrogens is 4. The number of hydrogen-bond acceptors (Lipinski definition) is 5. The molecule has 100 valence electrons. The van der Waals surface area contributed by atoms with Gasteiger partial charge in [-0.3, -0.25) is 4.79 Å². The second kappa shape index (κ2) is 4.34. The highest BCUT2D eigenvalue weighted by atomic mass is 16.1. The van der Waals surface area contributed by atoms with E-state index in [9.17, 15) is 4.79 Å². The Hall–Kier alpha value is -2.44. The topological polar surface area (TPSA) is 113 Å². The largest absolute Gasteiger partial charge is 0.384 e. The summed E-state index contributed by atoms with van der Waals surface area (Å²) in [5, 5.41) is 4.04. The van der Waals surface area contributed by atoms with Crippen molar-refractivity contribution in [3.05, 3.63) is 29.8 Å². The fourth-order valence-corrected chi connectivity index (χ4v) is 1.49. The lowest BCUT2D eigenvalue weighted by Gasteiger charge is -2.17. The van der Waals surface area contributed by atoms with E-state index in [1.54, 1.807) is 12.3 Å². The summed E-state index contributed by atoms with van der Waals surface area (Å²) < 4.78 is 1.45. The molecule has 2 aromatic heterocycles. The van der Waals surface area contributed by atoms with Crippen molar-refractivity contribution >= 4 is 11.7 Å². The van der Waals surface area contributed by atoms with Gasteiger partial charge in [0.1, 0.15) is 17.3 Å². The van der Waals surface area contributed by atoms with E-state index in [-0.39, 0.29) is 11.1 Å². The zero-order valence-electron chi connectivity index (χ0n) is 11.1. The molecule has 0 radical (unpaired) electrons. The maximum absolute atomic E-state index is 11.0. The number of nitrogen functional groups attached to an aromatic ring is 1. The van der Waals surface area contributed by atoms with Crippen LogP contribution in [0, 0.1) is 0 Å². The van der Waals surface area contributed by atoms with Crippen LogP contribution in [0.5, 0.6) is 0 Å². The maximum atomic E-state index is 11.0. The lowest BCUT2D eigenvalue weighted by atomic mass is 9.96. The summed E-state index contributed by atoms with van der Waals surface area (Å²) in [6.45, 7) is 5.97. The third kappa shape index (κ3) is 2.70. The molecule has 19 heavy (non-hydrogen) atoms. The molecule has 0 atom stereocenters. The Labute approximate surface area is 110 Å². The molecule has 0 fully saturated rings. The van der Waals surface area contributed by atoms with Gasteiger partial charge in [-0.1, -0.05) is 20.8 Å². The number of carbonyl (C=O) groups is 1. The molecule has 4 N–H and O–H groups in total. The third-order valence-corrected chi connectivity index (χ3v) is 2.48. The molecule has 0 aliphatic rings. The van der Waals surface area contributed by atoms with E-state index < -0.39 is 5.91 Å². The molecule has 7 nitrogen and oxygen atoms in total. The fraction of sp³-hybridized carbons (Fsp3) is 0.333. The van der Waals surface area contributed by atoms with Crippen LogP contribution in [0.1, 0.15) is 37.1 Å². The highest BCUT2D eigenvalue weighted by Crippen LogP contribution is 2.20. The average Bonchev–Trinajstić information content (AvgIpc) is 2.76. The number of nitrogens with two attached hydrogens (primary N) is 2. The van der Waals surface area contributed by atoms with Crippen molar-refractivity contribution in [2.24, 2.45) is 5.73 Å². The molecular formula is C12H16N6O. The number of amides is 1. The molecular weight excluding hydrogens is 244 g/mol. The fourth-order valence-electron chi connectivity index (χ4n) is 1.49. The summed E-state index contributed by atoms with van der Waals surface area (Å²) in [4.78, 5) is 19.6. The van der Waals surface area contributed by atoms with Crippen LogP contribution in [0.2, 0.25) is 0 Å². The van der Waals surface area contributed by atoms with Crippen LogP contribution in [0.15, 0.2) is 18.3 Å². The second-order valence-electron chi connectivity index (χ2n) is 5.23. The molecule has 2 aromatic rings. The van der Waals surface area contributed by atoms with Crippen LogP contribution in [-0.4, -0.2) is 25.7 Å². The number of hydrogen-bond donors (Lipinski definition) is 2. The molecule has 0 saturated carbocycles. The zero-order valence-corrected chi connectivity index (χ0v) is 11.1. The minimum absolute atomic E-state index is 0.175. The monoisotopic (exact) mass is 260 g/mol. The Kier molecular flexibility index (Phi) is 2.97. The predicted molar refractivity (Wildman–Crippen MR) is 70.8 cm³/mol. The van der Waals surface area contributed by atoms with Gasteiger partial charge >= 0.3 is 0 Å². The van der Waals surface area contributed by atoms with Crippen molar-refractivity contribution in [1.82, 2.24) is 19.7 Å². The molecule has 0 unspecified atom stereocenters. The molecule has 2 rings (SSSR count). The summed E-state index contributed by atoms with van der Waals surface area (Å²) in [7, 11) is 0. The summed E-state index contributed by atoms with van der Waals surface area (Å²) in [6.07, 6.45) is 1.61. The van der Waals surface area contributed by atoms with Gasteiger partial charge in [0, 0.05) is 17.7 Å². The number of anilines is 1. The van der Waals surface area contributed by atoms with Gasteiger partial charge in [0.05, 0.1) is 0 Å². The first-order chi connectivity index (χ1) is 8.77. The Balaban J connectivity index is 2.50. The van der Waals surface area contributed by atoms with Crippen molar-refractivity contribution in [1.29, 1.82) is 0 Å². The molecule has 0 aliphatic heterocycles. The first kappa shape index (κ1) is 13.0. The van der Waals surface area contributed by atoms with Crippen molar-refractivity contribution in [2.75, 3.05) is 5.73 Å². The molecule has 1 amide bonds. The first-order valence-electron chi connectivity index (χ1n) is 5.78. The molecule has 7 heteroatoms. The quantitative estimate of drug-likeness (QED) is 0.822. The SMILES string of the molecule is CC(C)(C)c1nc(N)cc(-n2ccc(C(N)=O)n2)n1. The van der Waals surface area contributed by atoms with Crippen LogP contribution in [0.25, 0.3) is 5.82 Å². The number of carbonyl (C=O) groups excluding carboxylic acids is 1. The molecule has 0 saturated heterocycles. The number of nitrogens with zero attached hydrogens (tertiary/aromatic N) is 4. The van der Waals surface area contributed by atoms with Gasteiger partial charge < -0.3 is 11.5 Å². The van der Waals surface area contributed by atoms with Gasteiger partial charge in [0.25, 0.3) is 5.91 Å². The minimum Gasteiger partial charge on any atom is -0.384 e. The van der Waals surface area contributed by atoms with Crippen LogP contribution in [-0.2, 0) is 5.41 Å². The minimum atomic E-state index is -0.586. The lowest BCUT2D eigenvalue weighted by Crippen LogP contribution is -2.19. The highest BCUT2D eigenvalue weighted by molar-refractivity contribution is 5.90. The Morgan fingerprint density at radius 2 is 2.00 bits per heavy atom. The van der Waals surface area contributed by atoms with Crippen molar-refractivity contribution in [2.45, 2.75) is 26.2 Å². The first-order valence-corrected chi connectivity index (χ1v) is 5.78. The second-order valence-corrected chi connectivity index (χ2v) is 5.23. The van der Waals surface area contributed by atoms with Crippen molar-refractivity contribution in [3.8, 4) is 5.82 Å². The number of primary amides is 1. The van der Waals surface area contributed by atoms with E-state index in [4.69, 9.17) is 11.5 Å². The summed E-state index contributed by atoms with van der Waals surface area (Å²) in [6, 6.07) is 3.12. The van der Waals surface area contributed by atoms with Crippen LogP contribution < -0.4 is 11.5 Å². The summed E-state index contributed by atoms with van der Waals surface area (Å²) >= 11 is 0. The molecule has 2 heterocycles. The van der Waals surface area contributed by atoms with E-state index in [0.29, 0.717) is 17.5 Å². The van der Waals surface area contributed by atoms with Gasteiger partial charge in [-0.2, -0.15) is 5.10 Å². The van der Waals surface area contributed by atoms with Crippen molar-refractivity contribution in [3.63, 3.8) is 0 Å². The standard InChI is InChI=1S/C12H16N6O/c1-12(2,3)11-15-8(13)6-9(16-11)18-5-4-7(17-18)10(14)19/h4-6H,1-3H3,(H2,14,19)(H2,13,15,16). The zero-order chi connectivity index (χ0) is 14.2. The smallest absolute Gasteiger partial charge is 0.269 e. The van der Waals surface area contributed by atoms with E-state index in [0.717, 1.165) is 0 Å². The Bertz CT molecular complexity index is 625. The molecule has 0 bridgehead atoms. The average molecular weight is 260 g/mol. The maximum Gasteiger partial charge on any atom is 0.269 e. The van der Waals surface area contributed by atoms with Crippen molar-refractivity contribution < 1.29 is 4.79 Å². The Morgan fingerprint density at radius 3 is 2.53 bits per heavy atom. The summed E-state index contributed by atoms with van der Waals surface area (Å²) in [5.41, 5.74) is 10.9. The van der Waals surface area contributed by atoms with E-state index in [1.807, 2.05) is 20.8 Å². The van der Waals surface area contributed by atoms with Crippen LogP contribution in [0.3, 0.4) is 0 Å². The van der Waals surface area contributed by atoms with Gasteiger partial charge in [0.2, 0.25) is 0 Å². The third-order valence-electron chi connectivity index (χ3n) is 2.48. The van der Waals surface area contributed by atoms with Crippen LogP contribution in [0.4, 0.5) is 5.82 Å². The predicted octanol–water partition coefficient (Wildman–Crippen LogP) is 0.641.